The number of sulfonamides is 1. The van der Waals surface area contributed by atoms with Crippen LogP contribution in [0.1, 0.15) is 46.3 Å². The van der Waals surface area contributed by atoms with E-state index in [0.29, 0.717) is 0 Å². The molecule has 0 spiro atoms. The van der Waals surface area contributed by atoms with Gasteiger partial charge in [0.2, 0.25) is 15.9 Å². The maximum absolute atomic E-state index is 14.4. The molecule has 0 saturated heterocycles. The van der Waals surface area contributed by atoms with Gasteiger partial charge in [0.25, 0.3) is 0 Å². The summed E-state index contributed by atoms with van der Waals surface area (Å²) in [5.74, 6) is -0.983. The van der Waals surface area contributed by atoms with Gasteiger partial charge in [-0.2, -0.15) is 4.31 Å². The minimum absolute atomic E-state index is 0.0558. The molecule has 3 rings (SSSR count). The molecule has 1 amide bonds. The maximum atomic E-state index is 14.4. The van der Waals surface area contributed by atoms with Crippen LogP contribution in [0, 0.1) is 33.5 Å². The molecule has 1 atom stereocenters. The number of nitrogens with one attached hydrogen (secondary N) is 1. The van der Waals surface area contributed by atoms with Crippen LogP contribution in [0.3, 0.4) is 0 Å². The lowest BCUT2D eigenvalue weighted by molar-refractivity contribution is -0.122. The van der Waals surface area contributed by atoms with Crippen molar-refractivity contribution in [2.24, 2.45) is 0 Å². The monoisotopic (exact) mass is 482 g/mol. The molecule has 0 radical (unpaired) electrons. The summed E-state index contributed by atoms with van der Waals surface area (Å²) in [6, 6.07) is 16.1. The highest BCUT2D eigenvalue weighted by Gasteiger charge is 2.28. The molecule has 0 heterocycles. The average Bonchev–Trinajstić information content (AvgIpc) is 2.77. The zero-order chi connectivity index (χ0) is 25.0. The topological polar surface area (TPSA) is 66.5 Å². The van der Waals surface area contributed by atoms with Crippen molar-refractivity contribution >= 4 is 15.9 Å². The Labute approximate surface area is 201 Å². The summed E-state index contributed by atoms with van der Waals surface area (Å²) < 4.78 is 42.2. The fourth-order valence-electron chi connectivity index (χ4n) is 3.88. The third kappa shape index (κ3) is 5.90. The molecular formula is C27H31FN2O3S. The number of benzene rings is 3. The van der Waals surface area contributed by atoms with Crippen LogP contribution in [-0.4, -0.2) is 25.2 Å². The molecule has 0 bridgehead atoms. The van der Waals surface area contributed by atoms with Crippen molar-refractivity contribution in [3.05, 3.63) is 99.9 Å². The van der Waals surface area contributed by atoms with E-state index in [1.54, 1.807) is 18.2 Å². The maximum Gasteiger partial charge on any atom is 0.243 e. The van der Waals surface area contributed by atoms with E-state index in [4.69, 9.17) is 0 Å². The second-order valence-corrected chi connectivity index (χ2v) is 10.7. The summed E-state index contributed by atoms with van der Waals surface area (Å²) in [4.78, 5) is 13.1. The van der Waals surface area contributed by atoms with E-state index in [1.807, 2.05) is 40.7 Å². The molecule has 0 aliphatic rings. The van der Waals surface area contributed by atoms with Gasteiger partial charge in [-0.3, -0.25) is 4.79 Å². The standard InChI is InChI=1S/C27H31FN2O3S/c1-18-10-12-24(13-11-18)34(32,33)30(16-23-8-6-7-9-26(23)28)17-27(31)29-22(5)25-15-20(3)19(2)14-21(25)4/h6-15,22H,16-17H2,1-5H3,(H,29,31)/t22-/m0/s1. The van der Waals surface area contributed by atoms with Gasteiger partial charge in [0, 0.05) is 12.1 Å². The molecule has 1 N–H and O–H groups in total. The Morgan fingerprint density at radius 2 is 1.56 bits per heavy atom. The fraction of sp³-hybridized carbons (Fsp3) is 0.296. The first kappa shape index (κ1) is 25.6. The largest absolute Gasteiger partial charge is 0.348 e. The summed E-state index contributed by atoms with van der Waals surface area (Å²) >= 11 is 0. The number of amides is 1. The summed E-state index contributed by atoms with van der Waals surface area (Å²) in [6.45, 7) is 9.06. The molecule has 7 heteroatoms. The minimum atomic E-state index is -4.04. The van der Waals surface area contributed by atoms with Gasteiger partial charge in [0.15, 0.2) is 0 Å². The van der Waals surface area contributed by atoms with E-state index in [-0.39, 0.29) is 23.0 Å². The minimum Gasteiger partial charge on any atom is -0.348 e. The second-order valence-electron chi connectivity index (χ2n) is 8.76. The quantitative estimate of drug-likeness (QED) is 0.484. The van der Waals surface area contributed by atoms with Crippen molar-refractivity contribution in [3.63, 3.8) is 0 Å². The number of rotatable bonds is 8. The number of halogens is 1. The van der Waals surface area contributed by atoms with Crippen LogP contribution in [0.25, 0.3) is 0 Å². The number of nitrogens with zero attached hydrogens (tertiary/aromatic N) is 1. The molecule has 0 aliphatic carbocycles. The first-order valence-electron chi connectivity index (χ1n) is 11.2. The Hall–Kier alpha value is -3.03. The molecule has 3 aromatic rings. The Morgan fingerprint density at radius 3 is 2.21 bits per heavy atom. The lowest BCUT2D eigenvalue weighted by atomic mass is 9.96. The van der Waals surface area contributed by atoms with Crippen LogP contribution in [0.5, 0.6) is 0 Å². The van der Waals surface area contributed by atoms with Crippen molar-refractivity contribution in [2.45, 2.75) is 52.1 Å². The van der Waals surface area contributed by atoms with E-state index >= 15 is 0 Å². The molecule has 180 valence electrons. The van der Waals surface area contributed by atoms with Crippen LogP contribution < -0.4 is 5.32 Å². The highest BCUT2D eigenvalue weighted by atomic mass is 32.2. The lowest BCUT2D eigenvalue weighted by Crippen LogP contribution is -2.41. The van der Waals surface area contributed by atoms with E-state index in [0.717, 1.165) is 26.6 Å². The van der Waals surface area contributed by atoms with Crippen LogP contribution in [0.4, 0.5) is 4.39 Å². The van der Waals surface area contributed by atoms with Crippen molar-refractivity contribution in [1.29, 1.82) is 0 Å². The van der Waals surface area contributed by atoms with Crippen LogP contribution in [-0.2, 0) is 21.4 Å². The third-order valence-corrected chi connectivity index (χ3v) is 7.82. The molecule has 34 heavy (non-hydrogen) atoms. The van der Waals surface area contributed by atoms with Crippen molar-refractivity contribution in [3.8, 4) is 0 Å². The molecule has 0 aromatic heterocycles. The number of hydrogen-bond acceptors (Lipinski definition) is 3. The Morgan fingerprint density at radius 1 is 0.941 bits per heavy atom. The summed E-state index contributed by atoms with van der Waals surface area (Å²) in [7, 11) is -4.04. The third-order valence-electron chi connectivity index (χ3n) is 6.01. The molecule has 0 unspecified atom stereocenters. The smallest absolute Gasteiger partial charge is 0.243 e. The summed E-state index contributed by atoms with van der Waals surface area (Å²) in [6.07, 6.45) is 0. The van der Waals surface area contributed by atoms with Gasteiger partial charge in [0.05, 0.1) is 17.5 Å². The zero-order valence-electron chi connectivity index (χ0n) is 20.2. The van der Waals surface area contributed by atoms with Gasteiger partial charge < -0.3 is 5.32 Å². The average molecular weight is 483 g/mol. The van der Waals surface area contributed by atoms with Crippen molar-refractivity contribution in [1.82, 2.24) is 9.62 Å². The van der Waals surface area contributed by atoms with E-state index in [1.165, 1.54) is 35.9 Å². The summed E-state index contributed by atoms with van der Waals surface area (Å²) in [5.41, 5.74) is 5.41. The van der Waals surface area contributed by atoms with E-state index in [9.17, 15) is 17.6 Å². The molecule has 0 saturated carbocycles. The SMILES string of the molecule is Cc1ccc(S(=O)(=O)N(CC(=O)N[C@@H](C)c2cc(C)c(C)cc2C)Cc2ccccc2F)cc1. The second kappa shape index (κ2) is 10.5. The molecule has 0 aliphatic heterocycles. The van der Waals surface area contributed by atoms with Crippen molar-refractivity contribution in [2.75, 3.05) is 6.54 Å². The van der Waals surface area contributed by atoms with Gasteiger partial charge in [-0.25, -0.2) is 12.8 Å². The first-order valence-corrected chi connectivity index (χ1v) is 12.6. The highest BCUT2D eigenvalue weighted by molar-refractivity contribution is 7.89. The Kier molecular flexibility index (Phi) is 7.89. The molecule has 0 fully saturated rings. The predicted molar refractivity (Wildman–Crippen MR) is 132 cm³/mol. The van der Waals surface area contributed by atoms with Crippen LogP contribution >= 0.6 is 0 Å². The van der Waals surface area contributed by atoms with Crippen LogP contribution in [0.2, 0.25) is 0 Å². The van der Waals surface area contributed by atoms with E-state index < -0.39 is 28.3 Å². The zero-order valence-corrected chi connectivity index (χ0v) is 21.0. The number of carbonyl (C=O) groups is 1. The number of carbonyl (C=O) groups excluding carboxylic acids is 1. The number of aryl methyl sites for hydroxylation is 4. The highest BCUT2D eigenvalue weighted by Crippen LogP contribution is 2.23. The van der Waals surface area contributed by atoms with Gasteiger partial charge >= 0.3 is 0 Å². The lowest BCUT2D eigenvalue weighted by Gasteiger charge is -2.24. The van der Waals surface area contributed by atoms with Gasteiger partial charge in [0.1, 0.15) is 5.82 Å². The molecule has 3 aromatic carbocycles. The molecule has 5 nitrogen and oxygen atoms in total. The van der Waals surface area contributed by atoms with Gasteiger partial charge in [-0.1, -0.05) is 48.0 Å². The Balaban J connectivity index is 1.87. The van der Waals surface area contributed by atoms with Crippen molar-refractivity contribution < 1.29 is 17.6 Å². The van der Waals surface area contributed by atoms with Gasteiger partial charge in [-0.05, 0) is 75.1 Å². The first-order chi connectivity index (χ1) is 16.0. The van der Waals surface area contributed by atoms with E-state index in [2.05, 4.69) is 11.4 Å². The van der Waals surface area contributed by atoms with Gasteiger partial charge in [-0.15, -0.1) is 0 Å². The Bertz CT molecular complexity index is 1290. The summed E-state index contributed by atoms with van der Waals surface area (Å²) in [5, 5.41) is 2.91. The normalized spacial score (nSPS) is 12.6. The number of hydrogen-bond donors (Lipinski definition) is 1. The predicted octanol–water partition coefficient (Wildman–Crippen LogP) is 5.13. The van der Waals surface area contributed by atoms with Crippen LogP contribution in [0.15, 0.2) is 65.6 Å². The molecular weight excluding hydrogens is 451 g/mol. The fourth-order valence-corrected chi connectivity index (χ4v) is 5.25.